The van der Waals surface area contributed by atoms with Crippen LogP contribution >= 0.6 is 11.8 Å². The minimum atomic E-state index is 0.0606. The van der Waals surface area contributed by atoms with Gasteiger partial charge in [0.25, 0.3) is 12.4 Å². The molecule has 0 bridgehead atoms. The summed E-state index contributed by atoms with van der Waals surface area (Å²) in [6.07, 6.45) is 6.13. The Hall–Kier alpha value is -2.81. The van der Waals surface area contributed by atoms with Crippen LogP contribution in [0.25, 0.3) is 0 Å². The molecule has 1 fully saturated rings. The smallest absolute Gasteiger partial charge is 0.293 e. The van der Waals surface area contributed by atoms with E-state index in [1.165, 1.54) is 11.3 Å². The minimum absolute atomic E-state index is 0.0606. The Morgan fingerprint density at radius 3 is 2.57 bits per heavy atom. The van der Waals surface area contributed by atoms with Gasteiger partial charge in [-0.2, -0.15) is 0 Å². The number of ether oxygens (including phenoxy) is 1. The fourth-order valence-electron chi connectivity index (χ4n) is 3.07. The van der Waals surface area contributed by atoms with E-state index in [-0.39, 0.29) is 5.91 Å². The molecule has 0 radical (unpaired) electrons. The molecule has 1 aromatic rings. The molecule has 164 valence electrons. The lowest BCUT2D eigenvalue weighted by molar-refractivity contribution is -0.128. The van der Waals surface area contributed by atoms with Crippen LogP contribution in [-0.2, 0) is 9.53 Å². The molecule has 3 rings (SSSR count). The number of benzene rings is 1. The predicted molar refractivity (Wildman–Crippen MR) is 123 cm³/mol. The summed E-state index contributed by atoms with van der Waals surface area (Å²) in [7, 11) is 0. The quantitative estimate of drug-likeness (QED) is 0.320. The average Bonchev–Trinajstić information content (AvgIpc) is 3.21. The van der Waals surface area contributed by atoms with Gasteiger partial charge in [-0.05, 0) is 43.7 Å². The van der Waals surface area contributed by atoms with Gasteiger partial charge >= 0.3 is 0 Å². The number of carbonyl (C=O) groups excluding carboxylic acids is 2. The third-order valence-corrected chi connectivity index (χ3v) is 5.71. The molecular formula is C21H31N5O3S. The van der Waals surface area contributed by atoms with Crippen molar-refractivity contribution in [1.29, 1.82) is 10.8 Å². The van der Waals surface area contributed by atoms with Gasteiger partial charge in [-0.15, -0.1) is 11.8 Å². The molecular weight excluding hydrogens is 402 g/mol. The third kappa shape index (κ3) is 8.28. The Kier molecular flexibility index (Phi) is 12.0. The molecule has 2 unspecified atom stereocenters. The first kappa shape index (κ1) is 25.2. The van der Waals surface area contributed by atoms with Crippen LogP contribution in [-0.4, -0.2) is 54.8 Å². The largest absolute Gasteiger partial charge is 0.468 e. The number of likely N-dealkylation sites (tertiary alicyclic amines) is 1. The van der Waals surface area contributed by atoms with Crippen molar-refractivity contribution >= 4 is 42.3 Å². The van der Waals surface area contributed by atoms with E-state index in [4.69, 9.17) is 16.6 Å². The number of nitrogens with two attached hydrogens (primary N) is 1. The molecule has 9 heteroatoms. The van der Waals surface area contributed by atoms with Crippen molar-refractivity contribution in [2.45, 2.75) is 32.1 Å². The summed E-state index contributed by atoms with van der Waals surface area (Å²) in [6, 6.07) is 7.33. The number of hydrogen-bond donors (Lipinski definition) is 4. The van der Waals surface area contributed by atoms with Crippen molar-refractivity contribution in [1.82, 2.24) is 10.2 Å². The van der Waals surface area contributed by atoms with Crippen LogP contribution in [0.4, 0.5) is 5.69 Å². The van der Waals surface area contributed by atoms with Gasteiger partial charge in [0.1, 0.15) is 0 Å². The molecule has 1 amide bonds. The first-order valence-corrected chi connectivity index (χ1v) is 10.6. The number of thioether (sulfide) groups is 1. The Bertz CT molecular complexity index is 735. The van der Waals surface area contributed by atoms with E-state index in [0.29, 0.717) is 35.6 Å². The zero-order valence-electron chi connectivity index (χ0n) is 17.5. The standard InChI is InChI=1S/C16H21N3OS.C3H6O2.C2H4N2/c1-11-9-18-15(21-11)12-5-4-8-19(10-12)16(20)13-6-2-3-7-14(13)17;1-2-5-3-4;3-1-2-4/h2-3,6-7,9,12,15,18H,4-5,8,10,17H2,1H3;3H,2H2,1H3;1-4H. The molecule has 5 N–H and O–H groups in total. The number of piperidine rings is 1. The summed E-state index contributed by atoms with van der Waals surface area (Å²) >= 11 is 1.87. The molecule has 0 saturated carbocycles. The van der Waals surface area contributed by atoms with Gasteiger partial charge in [-0.1, -0.05) is 12.1 Å². The maximum atomic E-state index is 12.7. The molecule has 1 saturated heterocycles. The van der Waals surface area contributed by atoms with Crippen LogP contribution in [0.3, 0.4) is 0 Å². The van der Waals surface area contributed by atoms with Crippen LogP contribution in [0.5, 0.6) is 0 Å². The second-order valence-electron chi connectivity index (χ2n) is 6.59. The van der Waals surface area contributed by atoms with Crippen molar-refractivity contribution in [3.63, 3.8) is 0 Å². The molecule has 1 aromatic carbocycles. The molecule has 2 aliphatic rings. The van der Waals surface area contributed by atoms with Crippen molar-refractivity contribution in [2.24, 2.45) is 5.92 Å². The van der Waals surface area contributed by atoms with Gasteiger partial charge in [0, 0.05) is 43.3 Å². The number of amides is 1. The van der Waals surface area contributed by atoms with E-state index in [9.17, 15) is 9.59 Å². The summed E-state index contributed by atoms with van der Waals surface area (Å²) in [6.45, 7) is 6.42. The molecule has 2 atom stereocenters. The Morgan fingerprint density at radius 1 is 1.37 bits per heavy atom. The van der Waals surface area contributed by atoms with E-state index in [2.05, 4.69) is 23.2 Å². The fraction of sp³-hybridized carbons (Fsp3) is 0.429. The average molecular weight is 434 g/mol. The number of nitrogens with zero attached hydrogens (tertiary/aromatic N) is 1. The van der Waals surface area contributed by atoms with Gasteiger partial charge in [-0.3, -0.25) is 9.59 Å². The van der Waals surface area contributed by atoms with Gasteiger partial charge < -0.3 is 31.5 Å². The Morgan fingerprint density at radius 2 is 2.07 bits per heavy atom. The van der Waals surface area contributed by atoms with Gasteiger partial charge in [0.2, 0.25) is 0 Å². The molecule has 0 spiro atoms. The van der Waals surface area contributed by atoms with Crippen LogP contribution in [0.2, 0.25) is 0 Å². The molecule has 2 aliphatic heterocycles. The number of rotatable bonds is 5. The number of nitrogen functional groups attached to an aromatic ring is 1. The molecule has 8 nitrogen and oxygen atoms in total. The molecule has 30 heavy (non-hydrogen) atoms. The Balaban J connectivity index is 0.000000425. The highest BCUT2D eigenvalue weighted by molar-refractivity contribution is 8.03. The van der Waals surface area contributed by atoms with E-state index in [1.807, 2.05) is 34.9 Å². The van der Waals surface area contributed by atoms with Crippen molar-refractivity contribution in [3.8, 4) is 0 Å². The summed E-state index contributed by atoms with van der Waals surface area (Å²) in [5, 5.41) is 16.0. The number of carbonyl (C=O) groups is 2. The lowest BCUT2D eigenvalue weighted by atomic mass is 9.97. The summed E-state index contributed by atoms with van der Waals surface area (Å²) in [5.74, 6) is 0.553. The SMILES string of the molecule is CC1=CNC(C2CCCN(C(=O)c3ccccc3N)C2)S1.CCOC=O.N=CC=N. The molecule has 0 aliphatic carbocycles. The van der Waals surface area contributed by atoms with E-state index >= 15 is 0 Å². The van der Waals surface area contributed by atoms with Crippen molar-refractivity contribution in [2.75, 3.05) is 25.4 Å². The number of hydrogen-bond acceptors (Lipinski definition) is 8. The van der Waals surface area contributed by atoms with Crippen LogP contribution in [0.15, 0.2) is 35.4 Å². The summed E-state index contributed by atoms with van der Waals surface area (Å²) < 4.78 is 4.15. The summed E-state index contributed by atoms with van der Waals surface area (Å²) in [4.78, 5) is 25.1. The normalized spacial score (nSPS) is 19.5. The zero-order valence-corrected chi connectivity index (χ0v) is 18.3. The lowest BCUT2D eigenvalue weighted by Gasteiger charge is -2.35. The van der Waals surface area contributed by atoms with Crippen LogP contribution in [0, 0.1) is 16.7 Å². The van der Waals surface area contributed by atoms with Crippen LogP contribution in [0.1, 0.15) is 37.0 Å². The fourth-order valence-corrected chi connectivity index (χ4v) is 4.16. The zero-order chi connectivity index (χ0) is 22.4. The van der Waals surface area contributed by atoms with E-state index in [1.54, 1.807) is 13.0 Å². The van der Waals surface area contributed by atoms with Gasteiger partial charge in [0.15, 0.2) is 0 Å². The predicted octanol–water partition coefficient (Wildman–Crippen LogP) is 3.11. The van der Waals surface area contributed by atoms with Gasteiger partial charge in [-0.25, -0.2) is 0 Å². The topological polar surface area (TPSA) is 132 Å². The minimum Gasteiger partial charge on any atom is -0.468 e. The maximum absolute atomic E-state index is 12.7. The van der Waals surface area contributed by atoms with Gasteiger partial charge in [0.05, 0.1) is 17.5 Å². The van der Waals surface area contributed by atoms with Crippen molar-refractivity contribution < 1.29 is 14.3 Å². The van der Waals surface area contributed by atoms with Crippen molar-refractivity contribution in [3.05, 3.63) is 40.9 Å². The first-order chi connectivity index (χ1) is 14.5. The van der Waals surface area contributed by atoms with E-state index in [0.717, 1.165) is 31.9 Å². The second-order valence-corrected chi connectivity index (χ2v) is 7.97. The highest BCUT2D eigenvalue weighted by Gasteiger charge is 2.32. The third-order valence-electron chi connectivity index (χ3n) is 4.45. The number of para-hydroxylation sites is 1. The highest BCUT2D eigenvalue weighted by Crippen LogP contribution is 2.34. The number of anilines is 1. The van der Waals surface area contributed by atoms with Crippen LogP contribution < -0.4 is 11.1 Å². The monoisotopic (exact) mass is 433 g/mol. The maximum Gasteiger partial charge on any atom is 0.293 e. The summed E-state index contributed by atoms with van der Waals surface area (Å²) in [5.41, 5.74) is 7.12. The molecule has 0 aromatic heterocycles. The lowest BCUT2D eigenvalue weighted by Crippen LogP contribution is -2.45. The second kappa shape index (κ2) is 14.2. The number of allylic oxidation sites excluding steroid dienone is 1. The number of nitrogens with one attached hydrogen (secondary N) is 3. The first-order valence-electron chi connectivity index (χ1n) is 9.76. The highest BCUT2D eigenvalue weighted by atomic mass is 32.2. The van der Waals surface area contributed by atoms with E-state index < -0.39 is 0 Å². The Labute approximate surface area is 182 Å². The molecule has 2 heterocycles.